The highest BCUT2D eigenvalue weighted by Gasteiger charge is 2.23. The first kappa shape index (κ1) is 17.1. The van der Waals surface area contributed by atoms with Crippen molar-refractivity contribution in [3.8, 4) is 0 Å². The molecule has 128 valence electrons. The molecule has 1 aliphatic heterocycles. The minimum Gasteiger partial charge on any atom is -0.374 e. The van der Waals surface area contributed by atoms with E-state index in [0.29, 0.717) is 17.5 Å². The minimum absolute atomic E-state index is 0.122. The molecule has 24 heavy (non-hydrogen) atoms. The normalized spacial score (nSPS) is 15.6. The summed E-state index contributed by atoms with van der Waals surface area (Å²) in [5.41, 5.74) is 6.47. The van der Waals surface area contributed by atoms with E-state index in [1.54, 1.807) is 6.20 Å². The molecule has 0 bridgehead atoms. The van der Waals surface area contributed by atoms with Gasteiger partial charge in [-0.3, -0.25) is 9.78 Å². The largest absolute Gasteiger partial charge is 0.374 e. The van der Waals surface area contributed by atoms with Gasteiger partial charge in [-0.1, -0.05) is 29.2 Å². The van der Waals surface area contributed by atoms with Crippen LogP contribution in [0.2, 0.25) is 0 Å². The van der Waals surface area contributed by atoms with E-state index in [0.717, 1.165) is 36.0 Å². The van der Waals surface area contributed by atoms with Gasteiger partial charge in [0.15, 0.2) is 4.34 Å². The Bertz CT molecular complexity index is 659. The molecule has 0 atom stereocenters. The number of likely N-dealkylation sites (tertiary alicyclic amines) is 1. The molecule has 0 radical (unpaired) electrons. The number of carbonyl (C=O) groups is 1. The lowest BCUT2D eigenvalue weighted by molar-refractivity contribution is -0.131. The molecule has 0 unspecified atom stereocenters. The number of ether oxygens (including phenoxy) is 1. The molecule has 1 aliphatic rings. The molecule has 1 amide bonds. The quantitative estimate of drug-likeness (QED) is 0.780. The Labute approximate surface area is 148 Å². The number of nitrogen functional groups attached to an aromatic ring is 1. The fourth-order valence-electron chi connectivity index (χ4n) is 2.45. The van der Waals surface area contributed by atoms with Crippen LogP contribution >= 0.6 is 23.1 Å². The van der Waals surface area contributed by atoms with Gasteiger partial charge in [0.2, 0.25) is 11.0 Å². The number of amides is 1. The number of thioether (sulfide) groups is 1. The second-order valence-corrected chi connectivity index (χ2v) is 7.64. The van der Waals surface area contributed by atoms with Crippen molar-refractivity contribution in [2.24, 2.45) is 0 Å². The SMILES string of the molecule is Nc1nnc(SCC(=O)N2CCC(OCc3ccccn3)CC2)s1. The number of hydrogen-bond acceptors (Lipinski definition) is 8. The summed E-state index contributed by atoms with van der Waals surface area (Å²) in [5.74, 6) is 0.491. The highest BCUT2D eigenvalue weighted by Crippen LogP contribution is 2.24. The third-order valence-electron chi connectivity index (χ3n) is 3.73. The van der Waals surface area contributed by atoms with Gasteiger partial charge in [-0.2, -0.15) is 0 Å². The predicted octanol–water partition coefficient (Wildman–Crippen LogP) is 1.82. The van der Waals surface area contributed by atoms with Gasteiger partial charge in [0, 0.05) is 19.3 Å². The standard InChI is InChI=1S/C15H19N5O2S2/c16-14-18-19-15(24-14)23-10-13(21)20-7-4-12(5-8-20)22-9-11-3-1-2-6-17-11/h1-3,6,12H,4-5,7-10H2,(H2,16,18). The summed E-state index contributed by atoms with van der Waals surface area (Å²) in [6.45, 7) is 1.98. The first-order valence-corrected chi connectivity index (χ1v) is 9.52. The fourth-order valence-corrected chi connectivity index (χ4v) is 3.99. The van der Waals surface area contributed by atoms with Gasteiger partial charge in [0.1, 0.15) is 0 Å². The Kier molecular flexibility index (Phi) is 6.00. The van der Waals surface area contributed by atoms with E-state index in [1.807, 2.05) is 23.1 Å². The number of hydrogen-bond donors (Lipinski definition) is 1. The zero-order valence-corrected chi connectivity index (χ0v) is 14.8. The van der Waals surface area contributed by atoms with Crippen LogP contribution in [-0.2, 0) is 16.1 Å². The number of nitrogens with zero attached hydrogens (tertiary/aromatic N) is 4. The molecule has 0 spiro atoms. The van der Waals surface area contributed by atoms with E-state index in [9.17, 15) is 4.79 Å². The van der Waals surface area contributed by atoms with Gasteiger partial charge < -0.3 is 15.4 Å². The molecule has 2 aromatic heterocycles. The summed E-state index contributed by atoms with van der Waals surface area (Å²) in [6.07, 6.45) is 3.67. The molecule has 1 saturated heterocycles. The van der Waals surface area contributed by atoms with Crippen LogP contribution in [-0.4, -0.2) is 50.9 Å². The van der Waals surface area contributed by atoms with E-state index in [2.05, 4.69) is 15.2 Å². The van der Waals surface area contributed by atoms with Crippen LogP contribution in [0.25, 0.3) is 0 Å². The Hall–Kier alpha value is -1.71. The molecule has 3 heterocycles. The maximum Gasteiger partial charge on any atom is 0.233 e. The Morgan fingerprint density at radius 2 is 2.21 bits per heavy atom. The van der Waals surface area contributed by atoms with Crippen molar-refractivity contribution in [3.05, 3.63) is 30.1 Å². The number of rotatable bonds is 6. The highest BCUT2D eigenvalue weighted by atomic mass is 32.2. The fraction of sp³-hybridized carbons (Fsp3) is 0.467. The number of piperidine rings is 1. The van der Waals surface area contributed by atoms with Crippen molar-refractivity contribution in [1.82, 2.24) is 20.1 Å². The molecule has 0 aliphatic carbocycles. The number of nitrogens with two attached hydrogens (primary N) is 1. The number of anilines is 1. The van der Waals surface area contributed by atoms with E-state index in [4.69, 9.17) is 10.5 Å². The van der Waals surface area contributed by atoms with Gasteiger partial charge in [0.05, 0.1) is 24.2 Å². The lowest BCUT2D eigenvalue weighted by Crippen LogP contribution is -2.41. The second kappa shape index (κ2) is 8.41. The molecule has 3 rings (SSSR count). The molecule has 2 N–H and O–H groups in total. The van der Waals surface area contributed by atoms with Crippen molar-refractivity contribution >= 4 is 34.1 Å². The van der Waals surface area contributed by atoms with E-state index < -0.39 is 0 Å². The Morgan fingerprint density at radius 1 is 1.38 bits per heavy atom. The smallest absolute Gasteiger partial charge is 0.233 e. The Morgan fingerprint density at radius 3 is 2.88 bits per heavy atom. The third-order valence-corrected chi connectivity index (χ3v) is 5.60. The van der Waals surface area contributed by atoms with Crippen LogP contribution in [0.5, 0.6) is 0 Å². The average Bonchev–Trinajstić information content (AvgIpc) is 3.04. The maximum atomic E-state index is 12.2. The summed E-state index contributed by atoms with van der Waals surface area (Å²) in [6, 6.07) is 5.80. The summed E-state index contributed by atoms with van der Waals surface area (Å²) < 4.78 is 6.62. The molecular weight excluding hydrogens is 346 g/mol. The van der Waals surface area contributed by atoms with Gasteiger partial charge in [-0.25, -0.2) is 0 Å². The minimum atomic E-state index is 0.122. The first-order chi connectivity index (χ1) is 11.7. The van der Waals surface area contributed by atoms with E-state index in [-0.39, 0.29) is 12.0 Å². The molecule has 2 aromatic rings. The lowest BCUT2D eigenvalue weighted by atomic mass is 10.1. The maximum absolute atomic E-state index is 12.2. The monoisotopic (exact) mass is 365 g/mol. The molecule has 0 saturated carbocycles. The van der Waals surface area contributed by atoms with Crippen molar-refractivity contribution in [3.63, 3.8) is 0 Å². The van der Waals surface area contributed by atoms with Crippen molar-refractivity contribution in [2.45, 2.75) is 29.9 Å². The van der Waals surface area contributed by atoms with Crippen LogP contribution in [0.3, 0.4) is 0 Å². The van der Waals surface area contributed by atoms with Gasteiger partial charge in [-0.05, 0) is 25.0 Å². The second-order valence-electron chi connectivity index (χ2n) is 5.41. The lowest BCUT2D eigenvalue weighted by Gasteiger charge is -2.31. The van der Waals surface area contributed by atoms with Crippen molar-refractivity contribution in [2.75, 3.05) is 24.6 Å². The number of carbonyl (C=O) groups excluding carboxylic acids is 1. The average molecular weight is 365 g/mol. The van der Waals surface area contributed by atoms with Crippen molar-refractivity contribution in [1.29, 1.82) is 0 Å². The van der Waals surface area contributed by atoms with Crippen molar-refractivity contribution < 1.29 is 9.53 Å². The van der Waals surface area contributed by atoms with Gasteiger partial charge in [0.25, 0.3) is 0 Å². The van der Waals surface area contributed by atoms with E-state index in [1.165, 1.54) is 23.1 Å². The topological polar surface area (TPSA) is 94.2 Å². The first-order valence-electron chi connectivity index (χ1n) is 7.72. The number of pyridine rings is 1. The summed E-state index contributed by atoms with van der Waals surface area (Å²) >= 11 is 2.69. The van der Waals surface area contributed by atoms with E-state index >= 15 is 0 Å². The number of aromatic nitrogens is 3. The van der Waals surface area contributed by atoms with Gasteiger partial charge >= 0.3 is 0 Å². The van der Waals surface area contributed by atoms with Gasteiger partial charge in [-0.15, -0.1) is 10.2 Å². The van der Waals surface area contributed by atoms with Crippen LogP contribution in [0.15, 0.2) is 28.7 Å². The molecule has 9 heteroatoms. The van der Waals surface area contributed by atoms with Crippen LogP contribution < -0.4 is 5.73 Å². The molecule has 0 aromatic carbocycles. The summed E-state index contributed by atoms with van der Waals surface area (Å²) in [5, 5.41) is 8.08. The van der Waals surface area contributed by atoms with Crippen LogP contribution in [0, 0.1) is 0 Å². The summed E-state index contributed by atoms with van der Waals surface area (Å²) in [4.78, 5) is 18.4. The third kappa shape index (κ3) is 4.89. The summed E-state index contributed by atoms with van der Waals surface area (Å²) in [7, 11) is 0. The molecule has 7 nitrogen and oxygen atoms in total. The van der Waals surface area contributed by atoms with Crippen LogP contribution in [0.4, 0.5) is 5.13 Å². The van der Waals surface area contributed by atoms with Crippen LogP contribution in [0.1, 0.15) is 18.5 Å². The zero-order chi connectivity index (χ0) is 16.8. The highest BCUT2D eigenvalue weighted by molar-refractivity contribution is 8.01. The Balaban J connectivity index is 1.37. The zero-order valence-electron chi connectivity index (χ0n) is 13.1. The molecular formula is C15H19N5O2S2. The molecule has 1 fully saturated rings. The predicted molar refractivity (Wildman–Crippen MR) is 93.7 cm³/mol.